The van der Waals surface area contributed by atoms with Crippen LogP contribution >= 0.6 is 0 Å². The fourth-order valence-corrected chi connectivity index (χ4v) is 0. The zero-order valence-corrected chi connectivity index (χ0v) is 11.4. The van der Waals surface area contributed by atoms with E-state index in [0.717, 1.165) is 7.11 Å². The molecular weight excluding hydrogens is 166 g/mol. The Labute approximate surface area is 132 Å². The first-order chi connectivity index (χ1) is 2.73. The van der Waals surface area contributed by atoms with E-state index in [0.29, 0.717) is 0 Å². The van der Waals surface area contributed by atoms with Gasteiger partial charge in [0, 0.05) is 7.11 Å². The molecule has 0 aliphatic carbocycles. The molecule has 0 saturated carbocycles. The molecule has 0 aromatic heterocycles. The summed E-state index contributed by atoms with van der Waals surface area (Å²) in [7, 11) is 1.00. The van der Waals surface area contributed by atoms with Crippen LogP contribution in [0, 0.1) is 0 Å². The molecule has 4 nitrogen and oxygen atoms in total. The van der Waals surface area contributed by atoms with E-state index in [1.165, 1.54) is 0 Å². The number of aliphatic hydroxyl groups is 1. The van der Waals surface area contributed by atoms with Crippen molar-refractivity contribution in [2.75, 3.05) is 7.11 Å². The van der Waals surface area contributed by atoms with E-state index in [1.54, 1.807) is 0 Å². The normalized spacial score (nSPS) is 3.75. The Morgan fingerprint density at radius 1 is 1.25 bits per heavy atom. The largest absolute Gasteiger partial charge is 1.00 e. The van der Waals surface area contributed by atoms with Gasteiger partial charge in [-0.2, -0.15) is 0 Å². The standard InChI is InChI=1S/CH2O3.CH4O.2K/c2-1(3)4;1-2;;/h(H2,2,3,4);2H,1H3;;/q;;2*+1/p-2. The average Bonchev–Trinajstić information content (AvgIpc) is 1.41. The van der Waals surface area contributed by atoms with Gasteiger partial charge in [0.1, 0.15) is 0 Å². The summed E-state index contributed by atoms with van der Waals surface area (Å²) in [6, 6.07) is 0. The number of aliphatic hydroxyl groups excluding tert-OH is 1. The minimum Gasteiger partial charge on any atom is -0.652 e. The first kappa shape index (κ1) is 22.4. The molecule has 38 valence electrons. The van der Waals surface area contributed by atoms with E-state index in [2.05, 4.69) is 0 Å². The summed E-state index contributed by atoms with van der Waals surface area (Å²) in [6.07, 6.45) is -2.33. The summed E-state index contributed by atoms with van der Waals surface area (Å²) in [5, 5.41) is 23.7. The second-order valence-electron chi connectivity index (χ2n) is 0.250. The molecule has 0 aromatic carbocycles. The molecule has 0 radical (unpaired) electrons. The van der Waals surface area contributed by atoms with Crippen molar-refractivity contribution in [3.05, 3.63) is 0 Å². The van der Waals surface area contributed by atoms with Crippen LogP contribution in [0.25, 0.3) is 0 Å². The molecule has 0 unspecified atom stereocenters. The Balaban J connectivity index is -0.0000000183. The second kappa shape index (κ2) is 22.7. The van der Waals surface area contributed by atoms with Crippen LogP contribution in [0.15, 0.2) is 0 Å². The molecule has 0 atom stereocenters. The van der Waals surface area contributed by atoms with E-state index in [4.69, 9.17) is 20.1 Å². The number of rotatable bonds is 0. The monoisotopic (exact) mass is 170 g/mol. The topological polar surface area (TPSA) is 83.4 Å². The first-order valence-corrected chi connectivity index (χ1v) is 1.06. The molecule has 0 rings (SSSR count). The summed E-state index contributed by atoms with van der Waals surface area (Å²) >= 11 is 0. The predicted molar refractivity (Wildman–Crippen MR) is 13.5 cm³/mol. The van der Waals surface area contributed by atoms with Gasteiger partial charge in [-0.25, -0.2) is 0 Å². The van der Waals surface area contributed by atoms with Gasteiger partial charge in [0.15, 0.2) is 0 Å². The van der Waals surface area contributed by atoms with Gasteiger partial charge in [0.25, 0.3) is 0 Å². The Morgan fingerprint density at radius 2 is 1.25 bits per heavy atom. The molecule has 0 saturated heterocycles. The van der Waals surface area contributed by atoms with Gasteiger partial charge in [-0.15, -0.1) is 0 Å². The average molecular weight is 170 g/mol. The van der Waals surface area contributed by atoms with Crippen molar-refractivity contribution in [2.24, 2.45) is 0 Å². The quantitative estimate of drug-likeness (QED) is 0.366. The van der Waals surface area contributed by atoms with E-state index in [-0.39, 0.29) is 103 Å². The number of hydrogen-bond acceptors (Lipinski definition) is 4. The summed E-state index contributed by atoms with van der Waals surface area (Å²) in [5.74, 6) is 0. The first-order valence-electron chi connectivity index (χ1n) is 1.06. The smallest absolute Gasteiger partial charge is 0.652 e. The van der Waals surface area contributed by atoms with Crippen molar-refractivity contribution >= 4 is 6.16 Å². The summed E-state index contributed by atoms with van der Waals surface area (Å²) in [6.45, 7) is 0. The van der Waals surface area contributed by atoms with Crippen LogP contribution in [0.3, 0.4) is 0 Å². The Kier molecular flexibility index (Phi) is 63.6. The number of carboxylic acid groups (broad SMARTS) is 2. The number of hydrogen-bond donors (Lipinski definition) is 1. The van der Waals surface area contributed by atoms with Crippen LogP contribution < -0.4 is 113 Å². The van der Waals surface area contributed by atoms with Crippen molar-refractivity contribution in [2.45, 2.75) is 0 Å². The van der Waals surface area contributed by atoms with Crippen molar-refractivity contribution in [1.29, 1.82) is 0 Å². The minimum atomic E-state index is -2.33. The van der Waals surface area contributed by atoms with E-state index >= 15 is 0 Å². The van der Waals surface area contributed by atoms with Crippen LogP contribution in [0.5, 0.6) is 0 Å². The van der Waals surface area contributed by atoms with Gasteiger partial charge < -0.3 is 20.1 Å². The van der Waals surface area contributed by atoms with Gasteiger partial charge in [-0.1, -0.05) is 0 Å². The summed E-state index contributed by atoms with van der Waals surface area (Å²) in [5.41, 5.74) is 0. The van der Waals surface area contributed by atoms with Gasteiger partial charge >= 0.3 is 103 Å². The van der Waals surface area contributed by atoms with Crippen LogP contribution in [0.1, 0.15) is 0 Å². The fourth-order valence-electron chi connectivity index (χ4n) is 0. The zero-order chi connectivity index (χ0) is 5.58. The SMILES string of the molecule is CO.O=C([O-])[O-].[K+].[K+]. The van der Waals surface area contributed by atoms with Gasteiger partial charge in [-0.05, 0) is 6.16 Å². The van der Waals surface area contributed by atoms with E-state index < -0.39 is 6.16 Å². The molecule has 0 fully saturated rings. The predicted octanol–water partition coefficient (Wildman–Crippen LogP) is -8.83. The third-order valence-corrected chi connectivity index (χ3v) is 0. The number of carbonyl (C=O) groups is 1. The fraction of sp³-hybridized carbons (Fsp3) is 0.500. The summed E-state index contributed by atoms with van der Waals surface area (Å²) < 4.78 is 0. The molecule has 0 amide bonds. The number of carbonyl (C=O) groups excluding carboxylic acids is 1. The maximum atomic E-state index is 8.33. The van der Waals surface area contributed by atoms with E-state index in [9.17, 15) is 0 Å². The van der Waals surface area contributed by atoms with Crippen LogP contribution in [0.4, 0.5) is 4.79 Å². The third kappa shape index (κ3) is 76.4. The maximum absolute atomic E-state index is 8.33. The minimum absolute atomic E-state index is 0. The van der Waals surface area contributed by atoms with Crippen LogP contribution in [-0.4, -0.2) is 18.4 Å². The molecule has 0 aliphatic heterocycles. The summed E-state index contributed by atoms with van der Waals surface area (Å²) in [4.78, 5) is 8.33. The molecule has 0 spiro atoms. The van der Waals surface area contributed by atoms with Crippen LogP contribution in [-0.2, 0) is 0 Å². The molecule has 0 heterocycles. The van der Waals surface area contributed by atoms with Crippen molar-refractivity contribution in [3.8, 4) is 0 Å². The Hall–Kier alpha value is 2.50. The Bertz CT molecular complexity index is 35.0. The van der Waals surface area contributed by atoms with Gasteiger partial charge in [-0.3, -0.25) is 0 Å². The van der Waals surface area contributed by atoms with Crippen molar-refractivity contribution < 1.29 is 123 Å². The molecular formula is C2H4K2O4. The van der Waals surface area contributed by atoms with Crippen molar-refractivity contribution in [3.63, 3.8) is 0 Å². The maximum Gasteiger partial charge on any atom is 1.00 e. The second-order valence-corrected chi connectivity index (χ2v) is 0.250. The van der Waals surface area contributed by atoms with Gasteiger partial charge in [0.2, 0.25) is 0 Å². The molecule has 0 aromatic rings. The molecule has 0 bridgehead atoms. The molecule has 8 heavy (non-hydrogen) atoms. The third-order valence-electron chi connectivity index (χ3n) is 0. The zero-order valence-electron chi connectivity index (χ0n) is 5.17. The van der Waals surface area contributed by atoms with Crippen LogP contribution in [0.2, 0.25) is 0 Å². The van der Waals surface area contributed by atoms with E-state index in [1.807, 2.05) is 0 Å². The molecule has 6 heteroatoms. The van der Waals surface area contributed by atoms with Crippen molar-refractivity contribution in [1.82, 2.24) is 0 Å². The molecule has 1 N–H and O–H groups in total. The Morgan fingerprint density at radius 3 is 1.25 bits per heavy atom. The van der Waals surface area contributed by atoms with Gasteiger partial charge in [0.05, 0.1) is 0 Å². The molecule has 0 aliphatic rings.